The van der Waals surface area contributed by atoms with Crippen LogP contribution in [0.4, 0.5) is 0 Å². The number of fused-ring (bicyclic) bond motifs is 4. The van der Waals surface area contributed by atoms with Crippen molar-refractivity contribution in [2.24, 2.45) is 0 Å². The quantitative estimate of drug-likeness (QED) is 0.230. The molecule has 2 heteroatoms. The minimum atomic E-state index is 0.577. The average Bonchev–Trinajstić information content (AvgIpc) is 3.29. The fourth-order valence-corrected chi connectivity index (χ4v) is 6.14. The van der Waals surface area contributed by atoms with Crippen LogP contribution in [0.25, 0.3) is 66.1 Å². The van der Waals surface area contributed by atoms with E-state index in [2.05, 4.69) is 109 Å². The normalized spacial score (nSPS) is 11.6. The molecule has 0 radical (unpaired) electrons. The molecule has 0 saturated heterocycles. The minimum Gasteiger partial charge on any atom is -0.490 e. The zero-order chi connectivity index (χ0) is 25.6. The Kier molecular flexibility index (Phi) is 5.40. The zero-order valence-corrected chi connectivity index (χ0v) is 21.6. The van der Waals surface area contributed by atoms with Gasteiger partial charge in [-0.1, -0.05) is 97.1 Å². The smallest absolute Gasteiger partial charge is 0.161 e. The molecule has 0 bridgehead atoms. The van der Waals surface area contributed by atoms with Crippen LogP contribution in [-0.2, 0) is 0 Å². The molecule has 0 fully saturated rings. The molecule has 1 aliphatic carbocycles. The summed E-state index contributed by atoms with van der Waals surface area (Å²) in [5, 5.41) is 4.93. The van der Waals surface area contributed by atoms with Crippen molar-refractivity contribution in [3.63, 3.8) is 0 Å². The third-order valence-corrected chi connectivity index (χ3v) is 7.54. The second kappa shape index (κ2) is 9.08. The summed E-state index contributed by atoms with van der Waals surface area (Å²) in [5.41, 5.74) is 10.0. The summed E-state index contributed by atoms with van der Waals surface area (Å²) in [7, 11) is 0. The van der Waals surface area contributed by atoms with Gasteiger partial charge in [0.1, 0.15) is 0 Å². The highest BCUT2D eigenvalue weighted by atomic mass is 16.5. The number of ether oxygens (including phenoxy) is 2. The molecule has 0 atom stereocenters. The molecule has 38 heavy (non-hydrogen) atoms. The summed E-state index contributed by atoms with van der Waals surface area (Å²) >= 11 is 0. The molecule has 0 N–H and O–H groups in total. The van der Waals surface area contributed by atoms with Crippen LogP contribution < -0.4 is 9.47 Å². The van der Waals surface area contributed by atoms with Gasteiger partial charge in [-0.15, -0.1) is 0 Å². The molecule has 0 spiro atoms. The molecule has 2 nitrogen and oxygen atoms in total. The molecular formula is C36H28O2. The van der Waals surface area contributed by atoms with Gasteiger partial charge in [-0.3, -0.25) is 0 Å². The van der Waals surface area contributed by atoms with E-state index in [-0.39, 0.29) is 0 Å². The molecule has 0 aromatic heterocycles. The third-order valence-electron chi connectivity index (χ3n) is 7.54. The van der Waals surface area contributed by atoms with Gasteiger partial charge in [0.25, 0.3) is 0 Å². The fourth-order valence-electron chi connectivity index (χ4n) is 6.14. The van der Waals surface area contributed by atoms with Crippen molar-refractivity contribution in [3.8, 4) is 56.0 Å². The lowest BCUT2D eigenvalue weighted by Crippen LogP contribution is -2.00. The van der Waals surface area contributed by atoms with Crippen molar-refractivity contribution in [3.05, 3.63) is 109 Å². The van der Waals surface area contributed by atoms with Crippen LogP contribution in [0.3, 0.4) is 0 Å². The highest BCUT2D eigenvalue weighted by Gasteiger charge is 2.31. The molecule has 7 rings (SSSR count). The third kappa shape index (κ3) is 3.34. The van der Waals surface area contributed by atoms with Gasteiger partial charge >= 0.3 is 0 Å². The maximum absolute atomic E-state index is 6.15. The molecule has 6 aromatic rings. The van der Waals surface area contributed by atoms with Gasteiger partial charge in [0.15, 0.2) is 11.5 Å². The van der Waals surface area contributed by atoms with E-state index in [9.17, 15) is 0 Å². The Morgan fingerprint density at radius 3 is 1.34 bits per heavy atom. The van der Waals surface area contributed by atoms with Crippen LogP contribution in [-0.4, -0.2) is 13.2 Å². The first kappa shape index (κ1) is 22.6. The second-order valence-corrected chi connectivity index (χ2v) is 9.65. The van der Waals surface area contributed by atoms with Crippen molar-refractivity contribution in [2.45, 2.75) is 13.8 Å². The topological polar surface area (TPSA) is 18.5 Å². The van der Waals surface area contributed by atoms with E-state index < -0.39 is 0 Å². The molecular weight excluding hydrogens is 464 g/mol. The molecule has 1 aliphatic rings. The van der Waals surface area contributed by atoms with Gasteiger partial charge in [-0.05, 0) is 92.0 Å². The summed E-state index contributed by atoms with van der Waals surface area (Å²) in [4.78, 5) is 0. The van der Waals surface area contributed by atoms with Gasteiger partial charge in [-0.25, -0.2) is 0 Å². The predicted molar refractivity (Wildman–Crippen MR) is 159 cm³/mol. The van der Waals surface area contributed by atoms with Gasteiger partial charge in [0, 0.05) is 0 Å². The first-order valence-corrected chi connectivity index (χ1v) is 13.4. The molecule has 0 unspecified atom stereocenters. The Morgan fingerprint density at radius 2 is 0.921 bits per heavy atom. The van der Waals surface area contributed by atoms with Crippen molar-refractivity contribution >= 4 is 21.5 Å². The fraction of sp³-hybridized carbons (Fsp3) is 0.111. The number of benzene rings is 6. The molecule has 184 valence electrons. The lowest BCUT2D eigenvalue weighted by Gasteiger charge is -2.22. The summed E-state index contributed by atoms with van der Waals surface area (Å²) in [6, 6.07) is 39.3. The second-order valence-electron chi connectivity index (χ2n) is 9.65. The minimum absolute atomic E-state index is 0.577. The monoisotopic (exact) mass is 492 g/mol. The standard InChI is InChI=1S/C36H28O2/c1-3-37-30-21-28-29(22-31(30)38-4-2)34(25-15-9-6-10-16-25)36-27-20-12-18-23-17-11-19-26(32(23)27)35(36)33(28)24-13-7-5-8-14-24/h5-22H,3-4H2,1-2H3. The highest BCUT2D eigenvalue weighted by Crippen LogP contribution is 2.58. The van der Waals surface area contributed by atoms with E-state index in [4.69, 9.17) is 9.47 Å². The first-order valence-electron chi connectivity index (χ1n) is 13.4. The van der Waals surface area contributed by atoms with E-state index in [0.717, 1.165) is 11.5 Å². The van der Waals surface area contributed by atoms with Crippen LogP contribution >= 0.6 is 0 Å². The first-order chi connectivity index (χ1) is 18.8. The Hall–Kier alpha value is -4.56. The zero-order valence-electron chi connectivity index (χ0n) is 21.6. The van der Waals surface area contributed by atoms with Crippen LogP contribution in [0.1, 0.15) is 13.8 Å². The molecule has 0 saturated carbocycles. The average molecular weight is 493 g/mol. The molecule has 6 aromatic carbocycles. The molecule has 0 aliphatic heterocycles. The van der Waals surface area contributed by atoms with Crippen LogP contribution in [0.2, 0.25) is 0 Å². The lowest BCUT2D eigenvalue weighted by molar-refractivity contribution is 0.288. The Bertz CT molecular complexity index is 1690. The van der Waals surface area contributed by atoms with Crippen molar-refractivity contribution in [1.29, 1.82) is 0 Å². The Morgan fingerprint density at radius 1 is 0.474 bits per heavy atom. The van der Waals surface area contributed by atoms with Gasteiger partial charge in [0.2, 0.25) is 0 Å². The van der Waals surface area contributed by atoms with Crippen molar-refractivity contribution < 1.29 is 9.47 Å². The SMILES string of the molecule is CCOc1cc2c(-c3ccccc3)c3c(c(-c4ccccc4)c2cc1OCC)-c1cccc2cccc-3c12. The Balaban J connectivity index is 1.75. The lowest BCUT2D eigenvalue weighted by atomic mass is 9.82. The van der Waals surface area contributed by atoms with E-state index in [0.29, 0.717) is 13.2 Å². The van der Waals surface area contributed by atoms with Gasteiger partial charge < -0.3 is 9.47 Å². The van der Waals surface area contributed by atoms with Crippen LogP contribution in [0, 0.1) is 0 Å². The van der Waals surface area contributed by atoms with Crippen LogP contribution in [0.5, 0.6) is 11.5 Å². The predicted octanol–water partition coefficient (Wildman–Crippen LogP) is 9.77. The summed E-state index contributed by atoms with van der Waals surface area (Å²) in [6.07, 6.45) is 0. The maximum Gasteiger partial charge on any atom is 0.161 e. The largest absolute Gasteiger partial charge is 0.490 e. The summed E-state index contributed by atoms with van der Waals surface area (Å²) < 4.78 is 12.3. The van der Waals surface area contributed by atoms with E-state index in [1.165, 1.54) is 66.1 Å². The number of rotatable bonds is 6. The molecule has 0 amide bonds. The van der Waals surface area contributed by atoms with Crippen molar-refractivity contribution in [1.82, 2.24) is 0 Å². The van der Waals surface area contributed by atoms with Crippen molar-refractivity contribution in [2.75, 3.05) is 13.2 Å². The Labute approximate surface area is 223 Å². The molecule has 0 heterocycles. The summed E-state index contributed by atoms with van der Waals surface area (Å²) in [6.45, 7) is 5.20. The van der Waals surface area contributed by atoms with Crippen LogP contribution in [0.15, 0.2) is 109 Å². The number of hydrogen-bond acceptors (Lipinski definition) is 2. The maximum atomic E-state index is 6.15. The van der Waals surface area contributed by atoms with Gasteiger partial charge in [-0.2, -0.15) is 0 Å². The number of hydrogen-bond donors (Lipinski definition) is 0. The highest BCUT2D eigenvalue weighted by molar-refractivity contribution is 6.27. The van der Waals surface area contributed by atoms with Gasteiger partial charge in [0.05, 0.1) is 13.2 Å². The van der Waals surface area contributed by atoms with E-state index >= 15 is 0 Å². The van der Waals surface area contributed by atoms with E-state index in [1.807, 2.05) is 13.8 Å². The van der Waals surface area contributed by atoms with E-state index in [1.54, 1.807) is 0 Å². The summed E-state index contributed by atoms with van der Waals surface area (Å²) in [5.74, 6) is 1.57.